The highest BCUT2D eigenvalue weighted by Crippen LogP contribution is 2.48. The van der Waals surface area contributed by atoms with E-state index in [2.05, 4.69) is 36.4 Å². The Morgan fingerprint density at radius 1 is 0.769 bits per heavy atom. The van der Waals surface area contributed by atoms with Crippen molar-refractivity contribution >= 4 is 17.7 Å². The summed E-state index contributed by atoms with van der Waals surface area (Å²) in [6, 6.07) is 31.0. The molecule has 0 saturated heterocycles. The number of carbonyl (C=O) groups excluding carboxylic acids is 1. The summed E-state index contributed by atoms with van der Waals surface area (Å²) in [6.45, 7) is 0. The first-order chi connectivity index (χ1) is 12.8. The molecule has 0 radical (unpaired) electrons. The van der Waals surface area contributed by atoms with Gasteiger partial charge in [0, 0.05) is 12.2 Å². The first-order valence-electron chi connectivity index (χ1n) is 8.51. The molecule has 3 rings (SSSR count). The van der Waals surface area contributed by atoms with Gasteiger partial charge in [-0.05, 0) is 16.7 Å². The first kappa shape index (κ1) is 18.2. The third-order valence-electron chi connectivity index (χ3n) is 4.31. The molecule has 2 N–H and O–H groups in total. The van der Waals surface area contributed by atoms with Crippen LogP contribution in [0, 0.1) is 0 Å². The minimum absolute atomic E-state index is 0.245. The average molecular weight is 363 g/mol. The van der Waals surface area contributed by atoms with Crippen LogP contribution in [0.2, 0.25) is 0 Å². The zero-order valence-electron chi connectivity index (χ0n) is 14.3. The van der Waals surface area contributed by atoms with Gasteiger partial charge in [-0.25, -0.2) is 5.48 Å². The summed E-state index contributed by atoms with van der Waals surface area (Å²) in [6.07, 6.45) is 0.245. The number of hydroxylamine groups is 1. The van der Waals surface area contributed by atoms with Crippen LogP contribution < -0.4 is 5.48 Å². The molecule has 26 heavy (non-hydrogen) atoms. The molecule has 4 heteroatoms. The van der Waals surface area contributed by atoms with Gasteiger partial charge >= 0.3 is 0 Å². The second-order valence-corrected chi connectivity index (χ2v) is 7.22. The smallest absolute Gasteiger partial charge is 0.244 e. The number of amides is 1. The maximum Gasteiger partial charge on any atom is 0.244 e. The van der Waals surface area contributed by atoms with Gasteiger partial charge < -0.3 is 0 Å². The number of benzene rings is 3. The highest BCUT2D eigenvalue weighted by molar-refractivity contribution is 8.00. The Bertz CT molecular complexity index is 726. The van der Waals surface area contributed by atoms with Crippen LogP contribution in [-0.4, -0.2) is 16.9 Å². The molecule has 0 bridgehead atoms. The molecule has 3 aromatic carbocycles. The fourth-order valence-electron chi connectivity index (χ4n) is 3.12. The quantitative estimate of drug-likeness (QED) is 0.366. The van der Waals surface area contributed by atoms with E-state index in [4.69, 9.17) is 5.21 Å². The van der Waals surface area contributed by atoms with E-state index in [0.717, 1.165) is 16.7 Å². The Kier molecular flexibility index (Phi) is 6.10. The minimum Gasteiger partial charge on any atom is -0.289 e. The maximum atomic E-state index is 11.5. The predicted molar refractivity (Wildman–Crippen MR) is 106 cm³/mol. The second-order valence-electron chi connectivity index (χ2n) is 5.91. The fourth-order valence-corrected chi connectivity index (χ4v) is 4.62. The van der Waals surface area contributed by atoms with Crippen LogP contribution in [0.25, 0.3) is 0 Å². The van der Waals surface area contributed by atoms with E-state index >= 15 is 0 Å². The molecule has 0 aliphatic carbocycles. The van der Waals surface area contributed by atoms with Crippen molar-refractivity contribution in [1.82, 2.24) is 5.48 Å². The summed E-state index contributed by atoms with van der Waals surface area (Å²) in [5.41, 5.74) is 5.20. The third-order valence-corrected chi connectivity index (χ3v) is 5.86. The van der Waals surface area contributed by atoms with Gasteiger partial charge in [-0.2, -0.15) is 0 Å². The summed E-state index contributed by atoms with van der Waals surface area (Å²) < 4.78 is -0.431. The van der Waals surface area contributed by atoms with Crippen LogP contribution in [0.15, 0.2) is 91.0 Å². The van der Waals surface area contributed by atoms with Gasteiger partial charge in [0.2, 0.25) is 5.91 Å². The third kappa shape index (κ3) is 3.82. The van der Waals surface area contributed by atoms with Crippen LogP contribution in [-0.2, 0) is 9.54 Å². The standard InChI is InChI=1S/C22H21NO2S/c24-21(23-25)16-17-26-22(18-10-4-1-5-11-18,19-12-6-2-7-13-19)20-14-8-3-9-15-20/h1-15,25H,16-17H2,(H,23,24). The maximum absolute atomic E-state index is 11.5. The molecule has 1 amide bonds. The molecule has 3 nitrogen and oxygen atoms in total. The van der Waals surface area contributed by atoms with Crippen molar-refractivity contribution in [3.8, 4) is 0 Å². The van der Waals surface area contributed by atoms with Crippen LogP contribution in [0.4, 0.5) is 0 Å². The van der Waals surface area contributed by atoms with Gasteiger partial charge in [-0.3, -0.25) is 10.0 Å². The molecular formula is C22H21NO2S. The van der Waals surface area contributed by atoms with Gasteiger partial charge in [0.1, 0.15) is 0 Å². The highest BCUT2D eigenvalue weighted by atomic mass is 32.2. The Morgan fingerprint density at radius 2 is 1.15 bits per heavy atom. The molecule has 132 valence electrons. The normalized spacial score (nSPS) is 11.1. The van der Waals surface area contributed by atoms with Crippen LogP contribution in [0.3, 0.4) is 0 Å². The van der Waals surface area contributed by atoms with Gasteiger partial charge in [0.15, 0.2) is 0 Å². The van der Waals surface area contributed by atoms with E-state index in [1.807, 2.05) is 54.6 Å². The van der Waals surface area contributed by atoms with E-state index in [1.165, 1.54) is 0 Å². The number of nitrogens with one attached hydrogen (secondary N) is 1. The first-order valence-corrected chi connectivity index (χ1v) is 9.49. The Morgan fingerprint density at radius 3 is 1.50 bits per heavy atom. The van der Waals surface area contributed by atoms with E-state index in [0.29, 0.717) is 5.75 Å². The molecule has 0 aliphatic rings. The van der Waals surface area contributed by atoms with Crippen molar-refractivity contribution in [1.29, 1.82) is 0 Å². The number of thioether (sulfide) groups is 1. The average Bonchev–Trinajstić information content (AvgIpc) is 2.73. The van der Waals surface area contributed by atoms with Gasteiger partial charge in [-0.1, -0.05) is 91.0 Å². The van der Waals surface area contributed by atoms with Crippen molar-refractivity contribution in [2.24, 2.45) is 0 Å². The molecule has 0 spiro atoms. The lowest BCUT2D eigenvalue weighted by Gasteiger charge is -2.35. The minimum atomic E-state index is -0.431. The Balaban J connectivity index is 2.13. The predicted octanol–water partition coefficient (Wildman–Crippen LogP) is 4.61. The molecule has 0 fully saturated rings. The van der Waals surface area contributed by atoms with Crippen molar-refractivity contribution in [3.63, 3.8) is 0 Å². The highest BCUT2D eigenvalue weighted by Gasteiger charge is 2.36. The summed E-state index contributed by atoms with van der Waals surface area (Å²) in [5, 5.41) is 8.81. The number of rotatable bonds is 7. The van der Waals surface area contributed by atoms with Gasteiger partial charge in [-0.15, -0.1) is 11.8 Å². The molecule has 0 unspecified atom stereocenters. The lowest BCUT2D eigenvalue weighted by atomic mass is 9.84. The fraction of sp³-hybridized carbons (Fsp3) is 0.136. The van der Waals surface area contributed by atoms with E-state index in [9.17, 15) is 4.79 Å². The van der Waals surface area contributed by atoms with Crippen LogP contribution in [0.5, 0.6) is 0 Å². The largest absolute Gasteiger partial charge is 0.289 e. The zero-order valence-corrected chi connectivity index (χ0v) is 15.2. The number of hydrogen-bond donors (Lipinski definition) is 2. The van der Waals surface area contributed by atoms with Crippen LogP contribution in [0.1, 0.15) is 23.1 Å². The number of carbonyl (C=O) groups is 1. The zero-order chi connectivity index (χ0) is 18.2. The summed E-state index contributed by atoms with van der Waals surface area (Å²) in [4.78, 5) is 11.5. The lowest BCUT2D eigenvalue weighted by molar-refractivity contribution is -0.128. The SMILES string of the molecule is O=C(CCSC(c1ccccc1)(c1ccccc1)c1ccccc1)NO. The summed E-state index contributed by atoms with van der Waals surface area (Å²) >= 11 is 1.70. The van der Waals surface area contributed by atoms with E-state index in [-0.39, 0.29) is 12.3 Å². The van der Waals surface area contributed by atoms with Crippen molar-refractivity contribution in [2.45, 2.75) is 11.2 Å². The summed E-state index contributed by atoms with van der Waals surface area (Å²) in [7, 11) is 0. The van der Waals surface area contributed by atoms with Gasteiger partial charge in [0.05, 0.1) is 4.75 Å². The van der Waals surface area contributed by atoms with Crippen molar-refractivity contribution < 1.29 is 10.0 Å². The lowest BCUT2D eigenvalue weighted by Crippen LogP contribution is -2.27. The molecule has 0 saturated carbocycles. The van der Waals surface area contributed by atoms with Gasteiger partial charge in [0.25, 0.3) is 0 Å². The number of hydrogen-bond acceptors (Lipinski definition) is 3. The Hall–Kier alpha value is -2.56. The van der Waals surface area contributed by atoms with Crippen molar-refractivity contribution in [2.75, 3.05) is 5.75 Å². The molecule has 0 heterocycles. The van der Waals surface area contributed by atoms with Crippen molar-refractivity contribution in [3.05, 3.63) is 108 Å². The molecule has 0 aromatic heterocycles. The van der Waals surface area contributed by atoms with E-state index in [1.54, 1.807) is 17.2 Å². The van der Waals surface area contributed by atoms with Crippen LogP contribution >= 0.6 is 11.8 Å². The molecular weight excluding hydrogens is 342 g/mol. The molecule has 0 aliphatic heterocycles. The summed E-state index contributed by atoms with van der Waals surface area (Å²) in [5.74, 6) is 0.200. The van der Waals surface area contributed by atoms with E-state index < -0.39 is 4.75 Å². The monoisotopic (exact) mass is 363 g/mol. The topological polar surface area (TPSA) is 49.3 Å². The molecule has 3 aromatic rings. The second kappa shape index (κ2) is 8.70. The molecule has 0 atom stereocenters. The Labute approximate surface area is 158 Å².